The molecule has 0 bridgehead atoms. The van der Waals surface area contributed by atoms with Crippen molar-refractivity contribution in [1.82, 2.24) is 4.98 Å². The van der Waals surface area contributed by atoms with Gasteiger partial charge in [0.25, 0.3) is 5.91 Å². The van der Waals surface area contributed by atoms with Crippen molar-refractivity contribution >= 4 is 11.6 Å². The predicted octanol–water partition coefficient (Wildman–Crippen LogP) is 2.43. The van der Waals surface area contributed by atoms with E-state index >= 15 is 0 Å². The third kappa shape index (κ3) is 1.95. The Balaban J connectivity index is 2.23. The van der Waals surface area contributed by atoms with Crippen molar-refractivity contribution in [2.45, 2.75) is 0 Å². The van der Waals surface area contributed by atoms with Crippen molar-refractivity contribution in [2.75, 3.05) is 11.9 Å². The van der Waals surface area contributed by atoms with Crippen LogP contribution in [0.15, 0.2) is 42.6 Å². The van der Waals surface area contributed by atoms with Gasteiger partial charge in [-0.05, 0) is 12.1 Å². The predicted molar refractivity (Wildman–Crippen MR) is 59.9 cm³/mol. The van der Waals surface area contributed by atoms with E-state index in [0.29, 0.717) is 0 Å². The van der Waals surface area contributed by atoms with Crippen LogP contribution < -0.4 is 4.90 Å². The number of carbonyl (C=O) groups is 1. The zero-order chi connectivity index (χ0) is 11.5. The number of nitrogens with zero attached hydrogens (tertiary/aromatic N) is 1. The van der Waals surface area contributed by atoms with E-state index < -0.39 is 5.82 Å². The summed E-state index contributed by atoms with van der Waals surface area (Å²) in [7, 11) is 1.65. The van der Waals surface area contributed by atoms with Gasteiger partial charge in [-0.2, -0.15) is 0 Å². The van der Waals surface area contributed by atoms with Crippen molar-refractivity contribution in [1.29, 1.82) is 0 Å². The van der Waals surface area contributed by atoms with Crippen LogP contribution in [0.2, 0.25) is 0 Å². The fraction of sp³-hybridized carbons (Fsp3) is 0.0833. The minimum Gasteiger partial charge on any atom is -0.355 e. The van der Waals surface area contributed by atoms with Crippen molar-refractivity contribution in [3.63, 3.8) is 0 Å². The molecule has 1 amide bonds. The van der Waals surface area contributed by atoms with Gasteiger partial charge in [-0.25, -0.2) is 4.39 Å². The highest BCUT2D eigenvalue weighted by molar-refractivity contribution is 6.04. The first-order chi connectivity index (χ1) is 7.68. The minimum absolute atomic E-state index is 0.240. The molecule has 82 valence electrons. The summed E-state index contributed by atoms with van der Waals surface area (Å²) in [5.74, 6) is -0.708. The van der Waals surface area contributed by atoms with Gasteiger partial charge in [0, 0.05) is 25.0 Å². The lowest BCUT2D eigenvalue weighted by Crippen LogP contribution is -2.26. The number of aromatic amines is 1. The number of halogens is 1. The molecule has 4 heteroatoms. The van der Waals surface area contributed by atoms with Gasteiger partial charge in [0.05, 0.1) is 0 Å². The highest BCUT2D eigenvalue weighted by atomic mass is 19.1. The zero-order valence-corrected chi connectivity index (χ0v) is 8.77. The van der Waals surface area contributed by atoms with E-state index in [1.54, 1.807) is 7.05 Å². The number of para-hydroxylation sites is 1. The van der Waals surface area contributed by atoms with Crippen molar-refractivity contribution in [3.05, 3.63) is 54.1 Å². The highest BCUT2D eigenvalue weighted by Gasteiger charge is 2.14. The summed E-state index contributed by atoms with van der Waals surface area (Å²) in [5.41, 5.74) is 1.01. The molecule has 16 heavy (non-hydrogen) atoms. The average molecular weight is 218 g/mol. The number of aromatic nitrogens is 1. The van der Waals surface area contributed by atoms with Crippen LogP contribution in [0, 0.1) is 5.82 Å². The van der Waals surface area contributed by atoms with E-state index in [0.717, 1.165) is 11.9 Å². The lowest BCUT2D eigenvalue weighted by Gasteiger charge is -2.15. The Bertz CT molecular complexity index is 493. The van der Waals surface area contributed by atoms with Gasteiger partial charge < -0.3 is 9.88 Å². The summed E-state index contributed by atoms with van der Waals surface area (Å²) in [4.78, 5) is 15.9. The molecule has 0 saturated carbocycles. The van der Waals surface area contributed by atoms with Gasteiger partial charge in [-0.15, -0.1) is 0 Å². The van der Waals surface area contributed by atoms with Gasteiger partial charge >= 0.3 is 0 Å². The van der Waals surface area contributed by atoms with Crippen LogP contribution in [-0.2, 0) is 0 Å². The second kappa shape index (κ2) is 4.18. The number of hydrogen-bond donors (Lipinski definition) is 1. The molecular weight excluding hydrogens is 207 g/mol. The van der Waals surface area contributed by atoms with E-state index in [1.807, 2.05) is 30.3 Å². The Morgan fingerprint density at radius 2 is 2.00 bits per heavy atom. The first-order valence-electron chi connectivity index (χ1n) is 4.85. The quantitative estimate of drug-likeness (QED) is 0.825. The van der Waals surface area contributed by atoms with Crippen LogP contribution in [0.4, 0.5) is 10.1 Å². The first-order valence-corrected chi connectivity index (χ1v) is 4.85. The van der Waals surface area contributed by atoms with Crippen LogP contribution in [0.25, 0.3) is 0 Å². The topological polar surface area (TPSA) is 36.1 Å². The standard InChI is InChI=1S/C12H11FN2O/c1-15(10-5-3-2-4-6-10)12(16)11-7-9(13)8-14-11/h2-8,14H,1H3. The van der Waals surface area contributed by atoms with Gasteiger partial charge in [0.15, 0.2) is 0 Å². The Labute approximate surface area is 92.5 Å². The fourth-order valence-electron chi connectivity index (χ4n) is 1.44. The molecule has 1 N–H and O–H groups in total. The molecule has 0 spiro atoms. The third-order valence-electron chi connectivity index (χ3n) is 2.33. The number of anilines is 1. The molecule has 2 rings (SSSR count). The summed E-state index contributed by atoms with van der Waals surface area (Å²) < 4.78 is 12.8. The Kier molecular flexibility index (Phi) is 2.72. The Morgan fingerprint density at radius 3 is 2.56 bits per heavy atom. The molecule has 0 saturated heterocycles. The Morgan fingerprint density at radius 1 is 1.31 bits per heavy atom. The fourth-order valence-corrected chi connectivity index (χ4v) is 1.44. The number of nitrogens with one attached hydrogen (secondary N) is 1. The zero-order valence-electron chi connectivity index (χ0n) is 8.77. The SMILES string of the molecule is CN(C(=O)c1cc(F)c[nH]1)c1ccccc1. The van der Waals surface area contributed by atoms with E-state index in [4.69, 9.17) is 0 Å². The number of carbonyl (C=O) groups excluding carboxylic acids is 1. The molecule has 1 aromatic heterocycles. The Hall–Kier alpha value is -2.10. The second-order valence-electron chi connectivity index (χ2n) is 3.43. The average Bonchev–Trinajstić information content (AvgIpc) is 2.75. The molecule has 0 fully saturated rings. The van der Waals surface area contributed by atoms with Crippen molar-refractivity contribution in [3.8, 4) is 0 Å². The van der Waals surface area contributed by atoms with E-state index in [9.17, 15) is 9.18 Å². The maximum atomic E-state index is 12.8. The molecule has 1 heterocycles. The number of rotatable bonds is 2. The number of hydrogen-bond acceptors (Lipinski definition) is 1. The van der Waals surface area contributed by atoms with Crippen LogP contribution in [0.1, 0.15) is 10.5 Å². The lowest BCUT2D eigenvalue weighted by atomic mass is 10.3. The lowest BCUT2D eigenvalue weighted by molar-refractivity contribution is 0.0988. The monoisotopic (exact) mass is 218 g/mol. The molecule has 0 radical (unpaired) electrons. The van der Waals surface area contributed by atoms with Crippen molar-refractivity contribution in [2.24, 2.45) is 0 Å². The molecule has 0 aliphatic heterocycles. The summed E-state index contributed by atoms with van der Waals surface area (Å²) >= 11 is 0. The van der Waals surface area contributed by atoms with E-state index in [2.05, 4.69) is 4.98 Å². The minimum atomic E-state index is -0.440. The number of H-pyrrole nitrogens is 1. The van der Waals surface area contributed by atoms with Crippen LogP contribution in [0.3, 0.4) is 0 Å². The molecule has 1 aromatic carbocycles. The summed E-state index contributed by atoms with van der Waals surface area (Å²) in [6.45, 7) is 0. The highest BCUT2D eigenvalue weighted by Crippen LogP contribution is 2.14. The third-order valence-corrected chi connectivity index (χ3v) is 2.33. The second-order valence-corrected chi connectivity index (χ2v) is 3.43. The van der Waals surface area contributed by atoms with Gasteiger partial charge in [-0.3, -0.25) is 4.79 Å². The van der Waals surface area contributed by atoms with E-state index in [-0.39, 0.29) is 11.6 Å². The molecule has 0 unspecified atom stereocenters. The normalized spacial score (nSPS) is 10.1. The molecule has 0 aliphatic carbocycles. The van der Waals surface area contributed by atoms with E-state index in [1.165, 1.54) is 11.0 Å². The van der Waals surface area contributed by atoms with Gasteiger partial charge in [-0.1, -0.05) is 18.2 Å². The number of benzene rings is 1. The summed E-state index contributed by atoms with van der Waals surface area (Å²) in [6.07, 6.45) is 1.16. The van der Waals surface area contributed by atoms with Gasteiger partial charge in [0.1, 0.15) is 11.5 Å². The number of amides is 1. The molecule has 0 aliphatic rings. The molecular formula is C12H11FN2O. The van der Waals surface area contributed by atoms with Crippen LogP contribution >= 0.6 is 0 Å². The maximum Gasteiger partial charge on any atom is 0.274 e. The van der Waals surface area contributed by atoms with Crippen LogP contribution in [0.5, 0.6) is 0 Å². The summed E-state index contributed by atoms with van der Waals surface area (Å²) in [5, 5.41) is 0. The van der Waals surface area contributed by atoms with Gasteiger partial charge in [0.2, 0.25) is 0 Å². The molecule has 2 aromatic rings. The van der Waals surface area contributed by atoms with Crippen LogP contribution in [-0.4, -0.2) is 17.9 Å². The van der Waals surface area contributed by atoms with Crippen molar-refractivity contribution < 1.29 is 9.18 Å². The molecule has 0 atom stereocenters. The largest absolute Gasteiger partial charge is 0.355 e. The molecule has 3 nitrogen and oxygen atoms in total. The first kappa shape index (κ1) is 10.4. The maximum absolute atomic E-state index is 12.8. The smallest absolute Gasteiger partial charge is 0.274 e. The summed E-state index contributed by atoms with van der Waals surface area (Å²) in [6, 6.07) is 10.4.